The molecule has 1 heterocycles. The van der Waals surface area contributed by atoms with Crippen molar-refractivity contribution in [1.82, 2.24) is 4.72 Å². The van der Waals surface area contributed by atoms with Crippen molar-refractivity contribution in [2.24, 2.45) is 0 Å². The number of hydrogen-bond acceptors (Lipinski definition) is 7. The van der Waals surface area contributed by atoms with Crippen LogP contribution in [0.4, 0.5) is 0 Å². The molecule has 136 valence electrons. The second kappa shape index (κ2) is 7.66. The van der Waals surface area contributed by atoms with E-state index in [0.717, 1.165) is 6.08 Å². The van der Waals surface area contributed by atoms with Gasteiger partial charge >= 0.3 is 11.9 Å². The SMILES string of the molecule is CNS(=O)(=O)c1cc(/C=C/C(=O)O[C@H]2C[C@H](C)OC2=O)ccc1OC. The number of benzene rings is 1. The van der Waals surface area contributed by atoms with Crippen LogP contribution in [-0.2, 0) is 29.1 Å². The fourth-order valence-electron chi connectivity index (χ4n) is 2.28. The van der Waals surface area contributed by atoms with Crippen LogP contribution < -0.4 is 9.46 Å². The van der Waals surface area contributed by atoms with Gasteiger partial charge in [0.05, 0.1) is 7.11 Å². The summed E-state index contributed by atoms with van der Waals surface area (Å²) in [6.45, 7) is 1.71. The van der Waals surface area contributed by atoms with E-state index in [2.05, 4.69) is 4.72 Å². The summed E-state index contributed by atoms with van der Waals surface area (Å²) in [6.07, 6.45) is 1.62. The molecule has 1 aromatic rings. The monoisotopic (exact) mass is 369 g/mol. The molecule has 0 amide bonds. The van der Waals surface area contributed by atoms with Gasteiger partial charge in [-0.2, -0.15) is 0 Å². The van der Waals surface area contributed by atoms with Crippen LogP contribution in [0.1, 0.15) is 18.9 Å². The van der Waals surface area contributed by atoms with Gasteiger partial charge in [-0.05, 0) is 37.7 Å². The molecule has 1 aliphatic heterocycles. The number of carbonyl (C=O) groups is 2. The average Bonchev–Trinajstić information content (AvgIpc) is 2.89. The van der Waals surface area contributed by atoms with Crippen molar-refractivity contribution in [3.05, 3.63) is 29.8 Å². The van der Waals surface area contributed by atoms with Crippen LogP contribution in [0.3, 0.4) is 0 Å². The Hall–Kier alpha value is -2.39. The van der Waals surface area contributed by atoms with Crippen LogP contribution in [0, 0.1) is 0 Å². The molecule has 8 nitrogen and oxygen atoms in total. The van der Waals surface area contributed by atoms with Crippen LogP contribution in [0.15, 0.2) is 29.2 Å². The molecular weight excluding hydrogens is 350 g/mol. The van der Waals surface area contributed by atoms with Crippen molar-refractivity contribution >= 4 is 28.0 Å². The first-order chi connectivity index (χ1) is 11.8. The Balaban J connectivity index is 2.14. The molecule has 2 atom stereocenters. The third-order valence-corrected chi connectivity index (χ3v) is 4.98. The number of cyclic esters (lactones) is 1. The van der Waals surface area contributed by atoms with E-state index < -0.39 is 28.1 Å². The number of ether oxygens (including phenoxy) is 3. The van der Waals surface area contributed by atoms with Crippen LogP contribution >= 0.6 is 0 Å². The van der Waals surface area contributed by atoms with Crippen molar-refractivity contribution in [1.29, 1.82) is 0 Å². The highest BCUT2D eigenvalue weighted by Gasteiger charge is 2.34. The maximum Gasteiger partial charge on any atom is 0.347 e. The lowest BCUT2D eigenvalue weighted by molar-refractivity contribution is -0.157. The molecule has 2 rings (SSSR count). The van der Waals surface area contributed by atoms with Crippen LogP contribution in [0.5, 0.6) is 5.75 Å². The normalized spacial score (nSPS) is 20.5. The van der Waals surface area contributed by atoms with Gasteiger partial charge in [-0.25, -0.2) is 22.7 Å². The van der Waals surface area contributed by atoms with Gasteiger partial charge < -0.3 is 14.2 Å². The molecule has 0 saturated carbocycles. The molecule has 1 fully saturated rings. The second-order valence-corrected chi connectivity index (χ2v) is 7.21. The minimum atomic E-state index is -3.72. The Morgan fingerprint density at radius 2 is 2.12 bits per heavy atom. The smallest absolute Gasteiger partial charge is 0.347 e. The number of hydrogen-bond donors (Lipinski definition) is 1. The predicted molar refractivity (Wildman–Crippen MR) is 88.3 cm³/mol. The van der Waals surface area contributed by atoms with Crippen LogP contribution in [0.25, 0.3) is 6.08 Å². The molecule has 1 saturated heterocycles. The van der Waals surface area contributed by atoms with Gasteiger partial charge in [-0.3, -0.25) is 0 Å². The second-order valence-electron chi connectivity index (χ2n) is 5.36. The van der Waals surface area contributed by atoms with Crippen molar-refractivity contribution < 1.29 is 32.2 Å². The number of methoxy groups -OCH3 is 1. The zero-order chi connectivity index (χ0) is 18.6. The molecule has 1 aliphatic rings. The standard InChI is InChI=1S/C16H19NO7S/c1-10-8-13(16(19)23-10)24-15(18)7-5-11-4-6-12(22-3)14(9-11)25(20,21)17-2/h4-7,9-10,13,17H,8H2,1-3H3/b7-5+/t10-,13-/m0/s1. The first kappa shape index (κ1) is 18.9. The van der Waals surface area contributed by atoms with E-state index in [9.17, 15) is 18.0 Å². The molecule has 0 spiro atoms. The summed E-state index contributed by atoms with van der Waals surface area (Å²) in [5, 5.41) is 0. The molecule has 0 radical (unpaired) electrons. The number of carbonyl (C=O) groups excluding carboxylic acids is 2. The summed E-state index contributed by atoms with van der Waals surface area (Å²) in [7, 11) is -1.07. The van der Waals surface area contributed by atoms with Gasteiger partial charge in [0.15, 0.2) is 0 Å². The van der Waals surface area contributed by atoms with Gasteiger partial charge in [0.2, 0.25) is 16.1 Å². The van der Waals surface area contributed by atoms with Gasteiger partial charge in [0.1, 0.15) is 16.7 Å². The highest BCUT2D eigenvalue weighted by molar-refractivity contribution is 7.89. The fraction of sp³-hybridized carbons (Fsp3) is 0.375. The van der Waals surface area contributed by atoms with Crippen LogP contribution in [-0.4, -0.2) is 46.7 Å². The Labute approximate surface area is 145 Å². The van der Waals surface area contributed by atoms with Gasteiger partial charge in [0, 0.05) is 12.5 Å². The van der Waals surface area contributed by atoms with Crippen LogP contribution in [0.2, 0.25) is 0 Å². The van der Waals surface area contributed by atoms with E-state index in [1.807, 2.05) is 0 Å². The summed E-state index contributed by atoms with van der Waals surface area (Å²) in [4.78, 5) is 23.2. The summed E-state index contributed by atoms with van der Waals surface area (Å²) < 4.78 is 41.2. The van der Waals surface area contributed by atoms with Gasteiger partial charge in [-0.1, -0.05) is 6.07 Å². The first-order valence-electron chi connectivity index (χ1n) is 7.47. The third-order valence-electron chi connectivity index (χ3n) is 3.54. The minimum absolute atomic E-state index is 0.0544. The van der Waals surface area contributed by atoms with E-state index in [1.54, 1.807) is 13.0 Å². The highest BCUT2D eigenvalue weighted by Crippen LogP contribution is 2.25. The quantitative estimate of drug-likeness (QED) is 0.585. The average molecular weight is 369 g/mol. The maximum atomic E-state index is 12.0. The maximum absolute atomic E-state index is 12.0. The summed E-state index contributed by atoms with van der Waals surface area (Å²) in [6, 6.07) is 4.43. The van der Waals surface area contributed by atoms with Crippen molar-refractivity contribution in [2.75, 3.05) is 14.2 Å². The summed E-state index contributed by atoms with van der Waals surface area (Å²) in [5.41, 5.74) is 0.453. The Morgan fingerprint density at radius 3 is 2.68 bits per heavy atom. The molecule has 0 aliphatic carbocycles. The molecule has 1 aromatic carbocycles. The topological polar surface area (TPSA) is 108 Å². The van der Waals surface area contributed by atoms with E-state index >= 15 is 0 Å². The predicted octanol–water partition coefficient (Wildman–Crippen LogP) is 0.864. The number of nitrogens with one attached hydrogen (secondary N) is 1. The lowest BCUT2D eigenvalue weighted by Gasteiger charge is -2.09. The summed E-state index contributed by atoms with van der Waals surface area (Å²) in [5.74, 6) is -1.11. The Morgan fingerprint density at radius 1 is 1.40 bits per heavy atom. The minimum Gasteiger partial charge on any atom is -0.495 e. The number of rotatable bonds is 6. The van der Waals surface area contributed by atoms with Crippen molar-refractivity contribution in [3.8, 4) is 5.75 Å². The Bertz CT molecular complexity index is 801. The molecule has 0 unspecified atom stereocenters. The number of sulfonamides is 1. The van der Waals surface area contributed by atoms with E-state index in [-0.39, 0.29) is 16.7 Å². The highest BCUT2D eigenvalue weighted by atomic mass is 32.2. The molecule has 0 aromatic heterocycles. The zero-order valence-electron chi connectivity index (χ0n) is 14.0. The van der Waals surface area contributed by atoms with Gasteiger partial charge in [0.25, 0.3) is 0 Å². The fourth-order valence-corrected chi connectivity index (χ4v) is 3.20. The van der Waals surface area contributed by atoms with Crippen molar-refractivity contribution in [3.63, 3.8) is 0 Å². The van der Waals surface area contributed by atoms with Crippen molar-refractivity contribution in [2.45, 2.75) is 30.4 Å². The van der Waals surface area contributed by atoms with E-state index in [4.69, 9.17) is 14.2 Å². The molecule has 9 heteroatoms. The third kappa shape index (κ3) is 4.58. The molecule has 0 bridgehead atoms. The summed E-state index contributed by atoms with van der Waals surface area (Å²) >= 11 is 0. The molecule has 1 N–H and O–H groups in total. The lowest BCUT2D eigenvalue weighted by atomic mass is 10.2. The van der Waals surface area contributed by atoms with E-state index in [0.29, 0.717) is 12.0 Å². The van der Waals surface area contributed by atoms with E-state index in [1.165, 1.54) is 32.4 Å². The molecular formula is C16H19NO7S. The Kier molecular flexibility index (Phi) is 5.81. The lowest BCUT2D eigenvalue weighted by Crippen LogP contribution is -2.21. The largest absolute Gasteiger partial charge is 0.495 e. The number of esters is 2. The van der Waals surface area contributed by atoms with Gasteiger partial charge in [-0.15, -0.1) is 0 Å². The first-order valence-corrected chi connectivity index (χ1v) is 8.96. The molecule has 25 heavy (non-hydrogen) atoms. The zero-order valence-corrected chi connectivity index (χ0v) is 14.8.